The molecule has 2 N–H and O–H groups in total. The molecule has 3 atom stereocenters. The highest BCUT2D eigenvalue weighted by molar-refractivity contribution is 7.12. The van der Waals surface area contributed by atoms with Gasteiger partial charge in [0.15, 0.2) is 0 Å². The molecule has 0 saturated heterocycles. The summed E-state index contributed by atoms with van der Waals surface area (Å²) in [6, 6.07) is 4.32. The second-order valence-corrected chi connectivity index (χ2v) is 6.62. The maximum Gasteiger partial charge on any atom is 0.104 e. The Morgan fingerprint density at radius 1 is 1.39 bits per heavy atom. The predicted octanol–water partition coefficient (Wildman–Crippen LogP) is 4.04. The van der Waals surface area contributed by atoms with Crippen LogP contribution < -0.4 is 5.73 Å². The molecule has 0 radical (unpaired) electrons. The minimum atomic E-state index is 0.0980. The standard InChI is InChI=1S/C15H25NOS/c1-3-12-6-4-5-7-13(12)17-14(10-16)15-9-8-11(2)18-15/h8-9,12-14H,3-7,10,16H2,1-2H3. The third-order valence-corrected chi connectivity index (χ3v) is 5.09. The molecule has 0 aromatic carbocycles. The van der Waals surface area contributed by atoms with E-state index in [-0.39, 0.29) is 6.10 Å². The molecule has 3 unspecified atom stereocenters. The van der Waals surface area contributed by atoms with Gasteiger partial charge in [-0.15, -0.1) is 11.3 Å². The molecule has 1 aliphatic carbocycles. The number of thiophene rings is 1. The van der Waals surface area contributed by atoms with Crippen LogP contribution in [0.15, 0.2) is 12.1 Å². The number of hydrogen-bond donors (Lipinski definition) is 1. The molecule has 0 spiro atoms. The third-order valence-electron chi connectivity index (χ3n) is 4.00. The van der Waals surface area contributed by atoms with Gasteiger partial charge in [-0.2, -0.15) is 0 Å². The summed E-state index contributed by atoms with van der Waals surface area (Å²) in [5, 5.41) is 0. The third kappa shape index (κ3) is 3.34. The van der Waals surface area contributed by atoms with Gasteiger partial charge in [0.05, 0.1) is 6.10 Å². The van der Waals surface area contributed by atoms with E-state index >= 15 is 0 Å². The fourth-order valence-electron chi connectivity index (χ4n) is 2.90. The van der Waals surface area contributed by atoms with Gasteiger partial charge in [-0.1, -0.05) is 26.2 Å². The van der Waals surface area contributed by atoms with Gasteiger partial charge >= 0.3 is 0 Å². The predicted molar refractivity (Wildman–Crippen MR) is 78.0 cm³/mol. The van der Waals surface area contributed by atoms with Crippen LogP contribution >= 0.6 is 11.3 Å². The molecular weight excluding hydrogens is 242 g/mol. The first-order chi connectivity index (χ1) is 8.74. The van der Waals surface area contributed by atoms with Crippen LogP contribution in [0.25, 0.3) is 0 Å². The molecular formula is C15H25NOS. The van der Waals surface area contributed by atoms with Gasteiger partial charge in [-0.25, -0.2) is 0 Å². The Labute approximate surface area is 115 Å². The van der Waals surface area contributed by atoms with E-state index in [2.05, 4.69) is 26.0 Å². The molecule has 0 bridgehead atoms. The van der Waals surface area contributed by atoms with Gasteiger partial charge in [0.1, 0.15) is 6.10 Å². The zero-order chi connectivity index (χ0) is 13.0. The highest BCUT2D eigenvalue weighted by Crippen LogP contribution is 2.34. The van der Waals surface area contributed by atoms with E-state index < -0.39 is 0 Å². The Hall–Kier alpha value is -0.380. The first-order valence-electron chi connectivity index (χ1n) is 7.16. The van der Waals surface area contributed by atoms with Gasteiger partial charge in [0.25, 0.3) is 0 Å². The maximum atomic E-state index is 6.33. The van der Waals surface area contributed by atoms with Crippen molar-refractivity contribution in [3.05, 3.63) is 21.9 Å². The van der Waals surface area contributed by atoms with Crippen molar-refractivity contribution >= 4 is 11.3 Å². The van der Waals surface area contributed by atoms with E-state index in [1.54, 1.807) is 0 Å². The van der Waals surface area contributed by atoms with Crippen LogP contribution in [0.4, 0.5) is 0 Å². The fraction of sp³-hybridized carbons (Fsp3) is 0.733. The summed E-state index contributed by atoms with van der Waals surface area (Å²) in [5.41, 5.74) is 5.90. The summed E-state index contributed by atoms with van der Waals surface area (Å²) in [7, 11) is 0. The highest BCUT2D eigenvalue weighted by atomic mass is 32.1. The number of ether oxygens (including phenoxy) is 1. The summed E-state index contributed by atoms with van der Waals surface area (Å²) in [5.74, 6) is 0.730. The number of nitrogens with two attached hydrogens (primary N) is 1. The van der Waals surface area contributed by atoms with Gasteiger partial charge < -0.3 is 10.5 Å². The molecule has 0 aliphatic heterocycles. The summed E-state index contributed by atoms with van der Waals surface area (Å²) in [6.07, 6.45) is 6.94. The molecule has 1 aromatic heterocycles. The number of aryl methyl sites for hydroxylation is 1. The van der Waals surface area contributed by atoms with Crippen molar-refractivity contribution in [1.82, 2.24) is 0 Å². The lowest BCUT2D eigenvalue weighted by Crippen LogP contribution is -2.30. The molecule has 2 nitrogen and oxygen atoms in total. The van der Waals surface area contributed by atoms with E-state index in [1.165, 1.54) is 41.9 Å². The molecule has 1 aromatic rings. The van der Waals surface area contributed by atoms with E-state index in [4.69, 9.17) is 10.5 Å². The van der Waals surface area contributed by atoms with Crippen molar-refractivity contribution in [1.29, 1.82) is 0 Å². The Morgan fingerprint density at radius 2 is 2.17 bits per heavy atom. The lowest BCUT2D eigenvalue weighted by Gasteiger charge is -2.33. The second kappa shape index (κ2) is 6.69. The zero-order valence-electron chi connectivity index (χ0n) is 11.5. The molecule has 1 saturated carbocycles. The topological polar surface area (TPSA) is 35.2 Å². The first-order valence-corrected chi connectivity index (χ1v) is 7.98. The van der Waals surface area contributed by atoms with Crippen molar-refractivity contribution in [3.63, 3.8) is 0 Å². The van der Waals surface area contributed by atoms with E-state index in [1.807, 2.05) is 11.3 Å². The molecule has 2 rings (SSSR count). The van der Waals surface area contributed by atoms with Crippen LogP contribution in [0.3, 0.4) is 0 Å². The normalized spacial score (nSPS) is 26.2. The average molecular weight is 267 g/mol. The Balaban J connectivity index is 2.00. The van der Waals surface area contributed by atoms with Crippen molar-refractivity contribution in [3.8, 4) is 0 Å². The van der Waals surface area contributed by atoms with Crippen molar-refractivity contribution in [2.45, 2.75) is 58.2 Å². The van der Waals surface area contributed by atoms with Crippen molar-refractivity contribution in [2.24, 2.45) is 11.7 Å². The minimum Gasteiger partial charge on any atom is -0.368 e. The molecule has 1 aliphatic rings. The van der Waals surface area contributed by atoms with Crippen LogP contribution in [0, 0.1) is 12.8 Å². The molecule has 1 fully saturated rings. The lowest BCUT2D eigenvalue weighted by atomic mass is 9.84. The van der Waals surface area contributed by atoms with Gasteiger partial charge in [-0.3, -0.25) is 0 Å². The van der Waals surface area contributed by atoms with E-state index in [0.29, 0.717) is 12.6 Å². The Kier molecular flexibility index (Phi) is 5.22. The Bertz CT molecular complexity index is 363. The van der Waals surface area contributed by atoms with E-state index in [9.17, 15) is 0 Å². The van der Waals surface area contributed by atoms with Crippen molar-refractivity contribution in [2.75, 3.05) is 6.54 Å². The maximum absolute atomic E-state index is 6.33. The largest absolute Gasteiger partial charge is 0.368 e. The SMILES string of the molecule is CCC1CCCCC1OC(CN)c1ccc(C)s1. The summed E-state index contributed by atoms with van der Waals surface area (Å²) in [6.45, 7) is 5.00. The first kappa shape index (κ1) is 14.0. The molecule has 0 amide bonds. The number of rotatable bonds is 5. The monoisotopic (exact) mass is 267 g/mol. The van der Waals surface area contributed by atoms with Gasteiger partial charge in [0.2, 0.25) is 0 Å². The van der Waals surface area contributed by atoms with Crippen molar-refractivity contribution < 1.29 is 4.74 Å². The van der Waals surface area contributed by atoms with Crippen LogP contribution in [0.1, 0.15) is 54.9 Å². The molecule has 1 heterocycles. The quantitative estimate of drug-likeness (QED) is 0.873. The van der Waals surface area contributed by atoms with E-state index in [0.717, 1.165) is 5.92 Å². The summed E-state index contributed by atoms with van der Waals surface area (Å²) < 4.78 is 6.33. The Morgan fingerprint density at radius 3 is 2.78 bits per heavy atom. The fourth-order valence-corrected chi connectivity index (χ4v) is 3.82. The summed E-state index contributed by atoms with van der Waals surface area (Å²) in [4.78, 5) is 2.62. The van der Waals surface area contributed by atoms with Crippen LogP contribution in [-0.2, 0) is 4.74 Å². The summed E-state index contributed by atoms with van der Waals surface area (Å²) >= 11 is 1.81. The molecule has 18 heavy (non-hydrogen) atoms. The number of hydrogen-bond acceptors (Lipinski definition) is 3. The second-order valence-electron chi connectivity index (χ2n) is 5.30. The van der Waals surface area contributed by atoms with Crippen LogP contribution in [0.5, 0.6) is 0 Å². The smallest absolute Gasteiger partial charge is 0.104 e. The van der Waals surface area contributed by atoms with Crippen LogP contribution in [-0.4, -0.2) is 12.6 Å². The average Bonchev–Trinajstić information content (AvgIpc) is 2.83. The zero-order valence-corrected chi connectivity index (χ0v) is 12.3. The van der Waals surface area contributed by atoms with Gasteiger partial charge in [0, 0.05) is 16.3 Å². The minimum absolute atomic E-state index is 0.0980. The highest BCUT2D eigenvalue weighted by Gasteiger charge is 2.27. The lowest BCUT2D eigenvalue weighted by molar-refractivity contribution is -0.0573. The van der Waals surface area contributed by atoms with Gasteiger partial charge in [-0.05, 0) is 37.8 Å². The van der Waals surface area contributed by atoms with Crippen LogP contribution in [0.2, 0.25) is 0 Å². The molecule has 102 valence electrons. The molecule has 3 heteroatoms.